The molecule has 2 aromatic carbocycles. The van der Waals surface area contributed by atoms with Crippen molar-refractivity contribution in [3.8, 4) is 0 Å². The molecule has 0 saturated carbocycles. The van der Waals surface area contributed by atoms with Gasteiger partial charge in [-0.1, -0.05) is 80.9 Å². The van der Waals surface area contributed by atoms with Crippen LogP contribution >= 0.6 is 0 Å². The summed E-state index contributed by atoms with van der Waals surface area (Å²) in [7, 11) is 0. The number of carbonyl (C=O) groups is 4. The Morgan fingerprint density at radius 1 is 0.872 bits per heavy atom. The van der Waals surface area contributed by atoms with Crippen molar-refractivity contribution in [2.45, 2.75) is 84.8 Å². The van der Waals surface area contributed by atoms with E-state index >= 15 is 0 Å². The van der Waals surface area contributed by atoms with Crippen molar-refractivity contribution in [2.75, 3.05) is 0 Å². The van der Waals surface area contributed by atoms with E-state index in [1.54, 1.807) is 20.8 Å². The molecule has 0 aromatic heterocycles. The minimum absolute atomic E-state index is 0.108. The van der Waals surface area contributed by atoms with Crippen LogP contribution in [0.3, 0.4) is 0 Å². The Morgan fingerprint density at radius 2 is 1.44 bits per heavy atom. The fourth-order valence-corrected chi connectivity index (χ4v) is 4.46. The first kappa shape index (κ1) is 31.7. The third kappa shape index (κ3) is 11.4. The Bertz CT molecular complexity index is 1080. The van der Waals surface area contributed by atoms with Crippen LogP contribution in [0, 0.1) is 17.8 Å². The number of rotatable bonds is 15. The highest BCUT2D eigenvalue weighted by atomic mass is 16.6. The zero-order valence-electron chi connectivity index (χ0n) is 23.8. The molecule has 0 saturated heterocycles. The predicted molar refractivity (Wildman–Crippen MR) is 151 cm³/mol. The lowest BCUT2D eigenvalue weighted by Gasteiger charge is -2.27. The van der Waals surface area contributed by atoms with Crippen molar-refractivity contribution in [1.29, 1.82) is 0 Å². The van der Waals surface area contributed by atoms with Crippen molar-refractivity contribution >= 4 is 23.6 Å². The Hall–Kier alpha value is -3.48. The molecule has 0 spiro atoms. The van der Waals surface area contributed by atoms with Crippen LogP contribution in [-0.4, -0.2) is 40.4 Å². The van der Waals surface area contributed by atoms with E-state index in [0.717, 1.165) is 11.1 Å². The minimum Gasteiger partial charge on any atom is -0.481 e. The summed E-state index contributed by atoms with van der Waals surface area (Å²) in [4.78, 5) is 51.6. The fraction of sp³-hybridized carbons (Fsp3) is 0.500. The third-order valence-electron chi connectivity index (χ3n) is 6.81. The maximum absolute atomic E-state index is 13.5. The van der Waals surface area contributed by atoms with Crippen LogP contribution in [0.25, 0.3) is 0 Å². The Morgan fingerprint density at radius 3 is 1.95 bits per heavy atom. The Balaban J connectivity index is 2.19. The minimum atomic E-state index is -1.05. The summed E-state index contributed by atoms with van der Waals surface area (Å²) >= 11 is 0. The maximum Gasteiger partial charge on any atom is 0.307 e. The molecule has 0 heterocycles. The highest BCUT2D eigenvalue weighted by Crippen LogP contribution is 2.21. The maximum atomic E-state index is 13.5. The van der Waals surface area contributed by atoms with Gasteiger partial charge in [-0.2, -0.15) is 0 Å². The number of carboxylic acid groups (broad SMARTS) is 1. The monoisotopic (exact) mass is 537 g/mol. The zero-order valence-corrected chi connectivity index (χ0v) is 23.8. The largest absolute Gasteiger partial charge is 0.481 e. The molecule has 0 aliphatic heterocycles. The number of ether oxygens (including phenoxy) is 1. The Labute approximate surface area is 232 Å². The van der Waals surface area contributed by atoms with Gasteiger partial charge in [0.15, 0.2) is 5.78 Å². The molecule has 2 rings (SSSR count). The number of aryl methyl sites for hydroxylation is 1. The van der Waals surface area contributed by atoms with Crippen molar-refractivity contribution in [1.82, 2.24) is 5.32 Å². The second-order valence-corrected chi connectivity index (χ2v) is 11.3. The molecule has 0 fully saturated rings. The average Bonchev–Trinajstić information content (AvgIpc) is 2.88. The summed E-state index contributed by atoms with van der Waals surface area (Å²) < 4.78 is 5.48. The summed E-state index contributed by atoms with van der Waals surface area (Å²) in [5.74, 6) is -4.05. The van der Waals surface area contributed by atoms with Gasteiger partial charge in [-0.15, -0.1) is 0 Å². The quantitative estimate of drug-likeness (QED) is 0.294. The first-order chi connectivity index (χ1) is 18.4. The van der Waals surface area contributed by atoms with Crippen LogP contribution in [0.2, 0.25) is 0 Å². The van der Waals surface area contributed by atoms with Crippen molar-refractivity contribution < 1.29 is 29.0 Å². The van der Waals surface area contributed by atoms with Gasteiger partial charge in [0.05, 0.1) is 18.4 Å². The van der Waals surface area contributed by atoms with Gasteiger partial charge in [0.1, 0.15) is 5.60 Å². The summed E-state index contributed by atoms with van der Waals surface area (Å²) in [6.07, 6.45) is 1.53. The lowest BCUT2D eigenvalue weighted by Crippen LogP contribution is -2.48. The lowest BCUT2D eigenvalue weighted by molar-refractivity contribution is -0.157. The van der Waals surface area contributed by atoms with Gasteiger partial charge >= 0.3 is 11.9 Å². The molecule has 4 atom stereocenters. The van der Waals surface area contributed by atoms with E-state index in [1.807, 2.05) is 74.5 Å². The number of benzene rings is 2. The van der Waals surface area contributed by atoms with Crippen LogP contribution in [0.15, 0.2) is 60.7 Å². The van der Waals surface area contributed by atoms with E-state index in [2.05, 4.69) is 5.32 Å². The number of aliphatic carboxylic acids is 1. The predicted octanol–water partition coefficient (Wildman–Crippen LogP) is 5.40. The molecular weight excluding hydrogens is 494 g/mol. The molecule has 39 heavy (non-hydrogen) atoms. The number of carboxylic acids is 1. The Kier molecular flexibility index (Phi) is 12.4. The number of esters is 1. The number of hydrogen-bond acceptors (Lipinski definition) is 5. The SMILES string of the molecule is CCC(C)[C@H](NC(=O)[C@H](CCc1ccccc1)CC(=O)OC(C)(C)C)C(=O)C[C@@H](Cc1ccccc1)C(=O)O. The van der Waals surface area contributed by atoms with Gasteiger partial charge in [-0.3, -0.25) is 19.2 Å². The number of amides is 1. The van der Waals surface area contributed by atoms with E-state index in [1.165, 1.54) is 0 Å². The molecule has 2 N–H and O–H groups in total. The molecule has 0 aliphatic carbocycles. The number of nitrogens with one attached hydrogen (secondary N) is 1. The summed E-state index contributed by atoms with van der Waals surface area (Å²) in [6.45, 7) is 9.10. The number of Topliss-reactive ketones (excluding diaryl/α,β-unsaturated/α-hetero) is 1. The van der Waals surface area contributed by atoms with Gasteiger partial charge in [-0.05, 0) is 57.1 Å². The molecule has 212 valence electrons. The topological polar surface area (TPSA) is 110 Å². The molecule has 7 nitrogen and oxygen atoms in total. The average molecular weight is 538 g/mol. The van der Waals surface area contributed by atoms with Crippen LogP contribution in [0.5, 0.6) is 0 Å². The molecule has 7 heteroatoms. The van der Waals surface area contributed by atoms with E-state index in [-0.39, 0.29) is 31.0 Å². The van der Waals surface area contributed by atoms with E-state index in [9.17, 15) is 24.3 Å². The van der Waals surface area contributed by atoms with Crippen LogP contribution in [0.1, 0.15) is 71.4 Å². The first-order valence-electron chi connectivity index (χ1n) is 13.7. The zero-order chi connectivity index (χ0) is 29.0. The lowest BCUT2D eigenvalue weighted by atomic mass is 9.86. The summed E-state index contributed by atoms with van der Waals surface area (Å²) in [5.41, 5.74) is 1.19. The van der Waals surface area contributed by atoms with Crippen LogP contribution in [-0.2, 0) is 36.8 Å². The van der Waals surface area contributed by atoms with Crippen molar-refractivity contribution in [3.05, 3.63) is 71.8 Å². The molecule has 0 radical (unpaired) electrons. The molecule has 2 aromatic rings. The third-order valence-corrected chi connectivity index (χ3v) is 6.81. The van der Waals surface area contributed by atoms with Crippen molar-refractivity contribution in [3.63, 3.8) is 0 Å². The first-order valence-corrected chi connectivity index (χ1v) is 13.7. The van der Waals surface area contributed by atoms with Crippen LogP contribution in [0.4, 0.5) is 0 Å². The van der Waals surface area contributed by atoms with E-state index in [4.69, 9.17) is 4.74 Å². The second kappa shape index (κ2) is 15.2. The van der Waals surface area contributed by atoms with E-state index in [0.29, 0.717) is 19.3 Å². The standard InChI is InChI=1S/C32H43NO6/c1-6-22(2)29(27(34)20-26(31(37)38)19-24-15-11-8-12-16-24)33-30(36)25(21-28(35)39-32(3,4)5)18-17-23-13-9-7-10-14-23/h7-16,22,25-26,29H,6,17-21H2,1-5H3,(H,33,36)(H,37,38)/t22?,25-,26-,29+/m1/s1. The molecule has 1 unspecified atom stereocenters. The van der Waals surface area contributed by atoms with E-state index < -0.39 is 41.3 Å². The summed E-state index contributed by atoms with van der Waals surface area (Å²) in [5, 5.41) is 12.7. The summed E-state index contributed by atoms with van der Waals surface area (Å²) in [6, 6.07) is 18.0. The smallest absolute Gasteiger partial charge is 0.307 e. The normalized spacial score (nSPS) is 14.5. The second-order valence-electron chi connectivity index (χ2n) is 11.3. The highest BCUT2D eigenvalue weighted by molar-refractivity contribution is 5.93. The number of hydrogen-bond donors (Lipinski definition) is 2. The van der Waals surface area contributed by atoms with Gasteiger partial charge in [0.2, 0.25) is 5.91 Å². The van der Waals surface area contributed by atoms with Gasteiger partial charge in [-0.25, -0.2) is 0 Å². The number of ketones is 1. The molecular formula is C32H43NO6. The fourth-order valence-electron chi connectivity index (χ4n) is 4.46. The van der Waals surface area contributed by atoms with Gasteiger partial charge in [0, 0.05) is 12.3 Å². The van der Waals surface area contributed by atoms with Gasteiger partial charge in [0.25, 0.3) is 0 Å². The molecule has 0 bridgehead atoms. The molecule has 1 amide bonds. The molecule has 0 aliphatic rings. The van der Waals surface area contributed by atoms with Crippen LogP contribution < -0.4 is 5.32 Å². The van der Waals surface area contributed by atoms with Crippen molar-refractivity contribution in [2.24, 2.45) is 17.8 Å². The highest BCUT2D eigenvalue weighted by Gasteiger charge is 2.33. The number of carbonyl (C=O) groups excluding carboxylic acids is 3. The van der Waals surface area contributed by atoms with Gasteiger partial charge < -0.3 is 15.2 Å².